The molecule has 7 heteroatoms. The molecule has 0 radical (unpaired) electrons. The predicted molar refractivity (Wildman–Crippen MR) is 100 cm³/mol. The molecule has 0 unspecified atom stereocenters. The van der Waals surface area contributed by atoms with Crippen molar-refractivity contribution in [1.82, 2.24) is 19.8 Å². The van der Waals surface area contributed by atoms with Gasteiger partial charge in [-0.25, -0.2) is 4.39 Å². The first-order valence-electron chi connectivity index (χ1n) is 8.90. The molecule has 1 aliphatic heterocycles. The fourth-order valence-electron chi connectivity index (χ4n) is 3.26. The minimum Gasteiger partial charge on any atom is -0.368 e. The molecule has 3 aromatic rings. The van der Waals surface area contributed by atoms with Crippen LogP contribution >= 0.6 is 0 Å². The van der Waals surface area contributed by atoms with E-state index < -0.39 is 0 Å². The molecule has 4 rings (SSSR count). The third-order valence-electron chi connectivity index (χ3n) is 4.71. The molecule has 2 aromatic heterocycles. The number of nitrogens with zero attached hydrogens (tertiary/aromatic N) is 6. The van der Waals surface area contributed by atoms with Gasteiger partial charge in [-0.2, -0.15) is 4.52 Å². The van der Waals surface area contributed by atoms with Gasteiger partial charge in [0.2, 0.25) is 0 Å². The van der Waals surface area contributed by atoms with E-state index in [4.69, 9.17) is 5.10 Å². The summed E-state index contributed by atoms with van der Waals surface area (Å²) >= 11 is 0. The predicted octanol–water partition coefficient (Wildman–Crippen LogP) is 2.89. The Morgan fingerprint density at radius 2 is 1.50 bits per heavy atom. The van der Waals surface area contributed by atoms with Crippen molar-refractivity contribution in [2.45, 2.75) is 26.2 Å². The van der Waals surface area contributed by atoms with Crippen molar-refractivity contribution in [3.63, 3.8) is 0 Å². The van der Waals surface area contributed by atoms with E-state index >= 15 is 0 Å². The van der Waals surface area contributed by atoms with E-state index in [1.165, 1.54) is 12.1 Å². The van der Waals surface area contributed by atoms with Crippen LogP contribution in [0.2, 0.25) is 0 Å². The van der Waals surface area contributed by atoms with Gasteiger partial charge < -0.3 is 9.80 Å². The van der Waals surface area contributed by atoms with Crippen molar-refractivity contribution in [2.75, 3.05) is 36.0 Å². The Hall–Kier alpha value is -2.70. The molecular weight excluding hydrogens is 331 g/mol. The third-order valence-corrected chi connectivity index (χ3v) is 4.71. The minimum atomic E-state index is -0.200. The van der Waals surface area contributed by atoms with Crippen LogP contribution in [-0.2, 0) is 5.41 Å². The molecule has 1 aromatic carbocycles. The van der Waals surface area contributed by atoms with Crippen molar-refractivity contribution in [3.05, 3.63) is 48.0 Å². The van der Waals surface area contributed by atoms with E-state index in [1.54, 1.807) is 0 Å². The van der Waals surface area contributed by atoms with Gasteiger partial charge >= 0.3 is 0 Å². The molecule has 3 heterocycles. The lowest BCUT2D eigenvalue weighted by Crippen LogP contribution is -2.47. The Balaban J connectivity index is 1.53. The molecule has 1 fully saturated rings. The van der Waals surface area contributed by atoms with Crippen LogP contribution in [0, 0.1) is 5.82 Å². The lowest BCUT2D eigenvalue weighted by molar-refractivity contribution is 0.525. The molecule has 0 bridgehead atoms. The zero-order valence-electron chi connectivity index (χ0n) is 15.4. The van der Waals surface area contributed by atoms with Crippen molar-refractivity contribution < 1.29 is 4.39 Å². The highest BCUT2D eigenvalue weighted by atomic mass is 19.1. The van der Waals surface area contributed by atoms with Crippen LogP contribution in [0.1, 0.15) is 26.6 Å². The quantitative estimate of drug-likeness (QED) is 0.708. The Morgan fingerprint density at radius 1 is 0.846 bits per heavy atom. The monoisotopic (exact) mass is 354 g/mol. The van der Waals surface area contributed by atoms with Gasteiger partial charge in [0, 0.05) is 37.3 Å². The first-order valence-corrected chi connectivity index (χ1v) is 8.90. The number of halogens is 1. The van der Waals surface area contributed by atoms with Crippen LogP contribution in [-0.4, -0.2) is 46.0 Å². The van der Waals surface area contributed by atoms with Crippen LogP contribution in [0.5, 0.6) is 0 Å². The summed E-state index contributed by atoms with van der Waals surface area (Å²) in [5, 5.41) is 13.3. The molecule has 1 saturated heterocycles. The summed E-state index contributed by atoms with van der Waals surface area (Å²) in [5.74, 6) is 1.59. The molecule has 0 spiro atoms. The zero-order chi connectivity index (χ0) is 18.3. The lowest BCUT2D eigenvalue weighted by atomic mass is 9.96. The first-order chi connectivity index (χ1) is 12.4. The molecule has 1 aliphatic rings. The lowest BCUT2D eigenvalue weighted by Gasteiger charge is -2.36. The van der Waals surface area contributed by atoms with E-state index in [9.17, 15) is 4.39 Å². The van der Waals surface area contributed by atoms with Gasteiger partial charge in [0.05, 0.1) is 0 Å². The SMILES string of the molecule is CC(C)(C)c1nnc2ccc(N3CCN(c4ccc(F)cc4)CC3)nn12. The summed E-state index contributed by atoms with van der Waals surface area (Å²) in [6, 6.07) is 10.7. The molecule has 0 amide bonds. The highest BCUT2D eigenvalue weighted by molar-refractivity contribution is 5.51. The smallest absolute Gasteiger partial charge is 0.178 e. The van der Waals surface area contributed by atoms with E-state index in [0.717, 1.165) is 49.2 Å². The number of anilines is 2. The van der Waals surface area contributed by atoms with Crippen LogP contribution in [0.3, 0.4) is 0 Å². The zero-order valence-corrected chi connectivity index (χ0v) is 15.4. The summed E-state index contributed by atoms with van der Waals surface area (Å²) in [5.41, 5.74) is 1.71. The van der Waals surface area contributed by atoms with E-state index in [2.05, 4.69) is 40.8 Å². The fourth-order valence-corrected chi connectivity index (χ4v) is 3.26. The normalized spacial score (nSPS) is 15.7. The van der Waals surface area contributed by atoms with Gasteiger partial charge in [-0.1, -0.05) is 20.8 Å². The van der Waals surface area contributed by atoms with Crippen LogP contribution in [0.15, 0.2) is 36.4 Å². The van der Waals surface area contributed by atoms with Crippen molar-refractivity contribution in [1.29, 1.82) is 0 Å². The fraction of sp³-hybridized carbons (Fsp3) is 0.421. The van der Waals surface area contributed by atoms with Gasteiger partial charge in [-0.15, -0.1) is 15.3 Å². The number of hydrogen-bond donors (Lipinski definition) is 0. The van der Waals surface area contributed by atoms with E-state index in [0.29, 0.717) is 0 Å². The molecular formula is C19H23FN6. The average molecular weight is 354 g/mol. The largest absolute Gasteiger partial charge is 0.368 e. The second kappa shape index (κ2) is 6.23. The molecule has 0 atom stereocenters. The van der Waals surface area contributed by atoms with Gasteiger partial charge in [0.1, 0.15) is 11.6 Å². The maximum absolute atomic E-state index is 13.1. The maximum atomic E-state index is 13.1. The standard InChI is InChI=1S/C19H23FN6/c1-19(2,3)18-22-21-16-8-9-17(23-26(16)18)25-12-10-24(11-13-25)15-6-4-14(20)5-7-15/h4-9H,10-13H2,1-3H3. The second-order valence-corrected chi connectivity index (χ2v) is 7.69. The van der Waals surface area contributed by atoms with Gasteiger partial charge in [-0.3, -0.25) is 0 Å². The minimum absolute atomic E-state index is 0.119. The van der Waals surface area contributed by atoms with Crippen LogP contribution in [0.4, 0.5) is 15.9 Å². The number of rotatable bonds is 2. The van der Waals surface area contributed by atoms with Crippen LogP contribution < -0.4 is 9.80 Å². The van der Waals surface area contributed by atoms with E-state index in [1.807, 2.05) is 28.8 Å². The molecule has 0 N–H and O–H groups in total. The first kappa shape index (κ1) is 16.8. The Morgan fingerprint density at radius 3 is 2.15 bits per heavy atom. The number of aromatic nitrogens is 4. The molecule has 0 aliphatic carbocycles. The topological polar surface area (TPSA) is 49.6 Å². The average Bonchev–Trinajstić information content (AvgIpc) is 3.06. The number of piperazine rings is 1. The molecule has 26 heavy (non-hydrogen) atoms. The van der Waals surface area contributed by atoms with Gasteiger partial charge in [0.15, 0.2) is 11.5 Å². The van der Waals surface area contributed by atoms with Crippen LogP contribution in [0.25, 0.3) is 5.65 Å². The second-order valence-electron chi connectivity index (χ2n) is 7.69. The van der Waals surface area contributed by atoms with Crippen molar-refractivity contribution in [3.8, 4) is 0 Å². The summed E-state index contributed by atoms with van der Waals surface area (Å²) < 4.78 is 15.0. The number of fused-ring (bicyclic) bond motifs is 1. The maximum Gasteiger partial charge on any atom is 0.178 e. The van der Waals surface area contributed by atoms with Gasteiger partial charge in [0.25, 0.3) is 0 Å². The number of benzene rings is 1. The summed E-state index contributed by atoms with van der Waals surface area (Å²) in [7, 11) is 0. The number of hydrogen-bond acceptors (Lipinski definition) is 5. The van der Waals surface area contributed by atoms with Crippen molar-refractivity contribution in [2.24, 2.45) is 0 Å². The van der Waals surface area contributed by atoms with Crippen molar-refractivity contribution >= 4 is 17.2 Å². The highest BCUT2D eigenvalue weighted by Gasteiger charge is 2.23. The van der Waals surface area contributed by atoms with Gasteiger partial charge in [-0.05, 0) is 36.4 Å². The molecule has 6 nitrogen and oxygen atoms in total. The molecule has 0 saturated carbocycles. The summed E-state index contributed by atoms with van der Waals surface area (Å²) in [6.07, 6.45) is 0. The molecule has 136 valence electrons. The summed E-state index contributed by atoms with van der Waals surface area (Å²) in [4.78, 5) is 4.54. The van der Waals surface area contributed by atoms with E-state index in [-0.39, 0.29) is 11.2 Å². The Kier molecular flexibility index (Phi) is 4.01. The third kappa shape index (κ3) is 3.09. The Bertz CT molecular complexity index is 904. The summed E-state index contributed by atoms with van der Waals surface area (Å²) in [6.45, 7) is 9.81. The Labute approximate surface area is 152 Å². The highest BCUT2D eigenvalue weighted by Crippen LogP contribution is 2.23.